The van der Waals surface area contributed by atoms with E-state index in [0.717, 1.165) is 25.5 Å². The van der Waals surface area contributed by atoms with Gasteiger partial charge in [-0.3, -0.25) is 0 Å². The third-order valence-corrected chi connectivity index (χ3v) is 2.52. The van der Waals surface area contributed by atoms with Gasteiger partial charge in [-0.25, -0.2) is 0 Å². The topological polar surface area (TPSA) is 35.5 Å². The van der Waals surface area contributed by atoms with Crippen LogP contribution in [-0.2, 0) is 14.3 Å². The molecule has 1 rings (SSSR count). The molecule has 3 nitrogen and oxygen atoms in total. The van der Waals surface area contributed by atoms with Crippen molar-refractivity contribution in [3.8, 4) is 0 Å². The molecule has 2 atom stereocenters. The molecule has 0 aromatic carbocycles. The largest absolute Gasteiger partial charge is 0.353 e. The van der Waals surface area contributed by atoms with Crippen LogP contribution in [0.25, 0.3) is 0 Å². The maximum Gasteiger partial charge on any atom is 0.157 e. The van der Waals surface area contributed by atoms with Gasteiger partial charge in [-0.2, -0.15) is 0 Å². The van der Waals surface area contributed by atoms with E-state index < -0.39 is 0 Å². The second-order valence-electron chi connectivity index (χ2n) is 3.81. The molecule has 82 valence electrons. The van der Waals surface area contributed by atoms with Crippen LogP contribution in [0.4, 0.5) is 0 Å². The fraction of sp³-hybridized carbons (Fsp3) is 0.909. The molecule has 3 heteroatoms. The molecule has 0 bridgehead atoms. The molecule has 2 unspecified atom stereocenters. The Hall–Kier alpha value is -0.410. The van der Waals surface area contributed by atoms with Crippen molar-refractivity contribution in [1.82, 2.24) is 0 Å². The summed E-state index contributed by atoms with van der Waals surface area (Å²) in [6.07, 6.45) is 6.23. The smallest absolute Gasteiger partial charge is 0.157 e. The van der Waals surface area contributed by atoms with Gasteiger partial charge in [-0.1, -0.05) is 19.8 Å². The van der Waals surface area contributed by atoms with E-state index in [9.17, 15) is 4.79 Å². The molecule has 0 aromatic heterocycles. The first-order chi connectivity index (χ1) is 6.86. The molecular formula is C11H20O3. The standard InChI is InChI=1S/C11H20O3/c1-2-3-4-5-11-13-7-6-10(8-12)9-14-11/h8,10-11H,2-7,9H2,1H3. The number of ether oxygens (including phenoxy) is 2. The van der Waals surface area contributed by atoms with Crippen molar-refractivity contribution in [3.63, 3.8) is 0 Å². The number of hydrogen-bond acceptors (Lipinski definition) is 3. The average molecular weight is 200 g/mol. The van der Waals surface area contributed by atoms with Gasteiger partial charge in [0.15, 0.2) is 6.29 Å². The zero-order chi connectivity index (χ0) is 10.2. The zero-order valence-corrected chi connectivity index (χ0v) is 8.91. The van der Waals surface area contributed by atoms with Crippen LogP contribution in [0.15, 0.2) is 0 Å². The molecule has 0 radical (unpaired) electrons. The fourth-order valence-corrected chi connectivity index (χ4v) is 1.55. The molecule has 0 saturated carbocycles. The van der Waals surface area contributed by atoms with Crippen LogP contribution in [0, 0.1) is 5.92 Å². The number of unbranched alkanes of at least 4 members (excludes halogenated alkanes) is 2. The van der Waals surface area contributed by atoms with Crippen LogP contribution in [-0.4, -0.2) is 25.8 Å². The van der Waals surface area contributed by atoms with Gasteiger partial charge in [0, 0.05) is 5.92 Å². The van der Waals surface area contributed by atoms with Crippen molar-refractivity contribution in [2.24, 2.45) is 5.92 Å². The lowest BCUT2D eigenvalue weighted by molar-refractivity contribution is -0.134. The summed E-state index contributed by atoms with van der Waals surface area (Å²) in [5.41, 5.74) is 0. The van der Waals surface area contributed by atoms with Crippen LogP contribution in [0.3, 0.4) is 0 Å². The monoisotopic (exact) mass is 200 g/mol. The lowest BCUT2D eigenvalue weighted by atomic mass is 10.1. The Bertz CT molecular complexity index is 159. The predicted molar refractivity (Wildman–Crippen MR) is 54.0 cm³/mol. The van der Waals surface area contributed by atoms with Crippen molar-refractivity contribution in [3.05, 3.63) is 0 Å². The Labute approximate surface area is 85.8 Å². The highest BCUT2D eigenvalue weighted by atomic mass is 16.7. The lowest BCUT2D eigenvalue weighted by Gasteiger charge is -2.14. The van der Waals surface area contributed by atoms with Crippen LogP contribution >= 0.6 is 0 Å². The summed E-state index contributed by atoms with van der Waals surface area (Å²) in [6.45, 7) is 3.36. The molecule has 1 fully saturated rings. The lowest BCUT2D eigenvalue weighted by Crippen LogP contribution is -2.16. The molecule has 0 aromatic rings. The second kappa shape index (κ2) is 6.96. The van der Waals surface area contributed by atoms with Crippen molar-refractivity contribution in [1.29, 1.82) is 0 Å². The van der Waals surface area contributed by atoms with Crippen LogP contribution in [0.1, 0.15) is 39.0 Å². The molecule has 0 amide bonds. The molecule has 1 aliphatic rings. The highest BCUT2D eigenvalue weighted by Crippen LogP contribution is 2.15. The van der Waals surface area contributed by atoms with Crippen LogP contribution in [0.2, 0.25) is 0 Å². The van der Waals surface area contributed by atoms with Crippen molar-refractivity contribution >= 4 is 6.29 Å². The molecule has 0 spiro atoms. The molecular weight excluding hydrogens is 180 g/mol. The fourth-order valence-electron chi connectivity index (χ4n) is 1.55. The SMILES string of the molecule is CCCCCC1OCCC(C=O)CO1. The molecule has 14 heavy (non-hydrogen) atoms. The van der Waals surface area contributed by atoms with Gasteiger partial charge in [0.05, 0.1) is 13.2 Å². The van der Waals surface area contributed by atoms with E-state index in [2.05, 4.69) is 6.92 Å². The molecule has 1 saturated heterocycles. The summed E-state index contributed by atoms with van der Waals surface area (Å²) in [4.78, 5) is 10.5. The van der Waals surface area contributed by atoms with E-state index in [-0.39, 0.29) is 12.2 Å². The molecule has 0 N–H and O–H groups in total. The van der Waals surface area contributed by atoms with Gasteiger partial charge in [-0.05, 0) is 19.3 Å². The summed E-state index contributed by atoms with van der Waals surface area (Å²) in [5.74, 6) is 0.0335. The Kier molecular flexibility index (Phi) is 5.80. The number of hydrogen-bond donors (Lipinski definition) is 0. The normalized spacial score (nSPS) is 28.4. The van der Waals surface area contributed by atoms with Crippen LogP contribution in [0.5, 0.6) is 0 Å². The summed E-state index contributed by atoms with van der Waals surface area (Å²) >= 11 is 0. The van der Waals surface area contributed by atoms with Gasteiger partial charge < -0.3 is 14.3 Å². The quantitative estimate of drug-likeness (QED) is 0.504. The number of carbonyl (C=O) groups is 1. The van der Waals surface area contributed by atoms with E-state index in [4.69, 9.17) is 9.47 Å². The average Bonchev–Trinajstić information content (AvgIpc) is 2.43. The molecule has 1 heterocycles. The number of aldehydes is 1. The Balaban J connectivity index is 2.17. The van der Waals surface area contributed by atoms with Gasteiger partial charge in [0.25, 0.3) is 0 Å². The predicted octanol–water partition coefficient (Wildman–Crippen LogP) is 2.14. The van der Waals surface area contributed by atoms with E-state index in [0.29, 0.717) is 13.2 Å². The highest BCUT2D eigenvalue weighted by Gasteiger charge is 2.18. The van der Waals surface area contributed by atoms with Gasteiger partial charge in [-0.15, -0.1) is 0 Å². The third kappa shape index (κ3) is 4.20. The summed E-state index contributed by atoms with van der Waals surface area (Å²) in [6, 6.07) is 0. The van der Waals surface area contributed by atoms with Gasteiger partial charge >= 0.3 is 0 Å². The third-order valence-electron chi connectivity index (χ3n) is 2.52. The Morgan fingerprint density at radius 1 is 1.36 bits per heavy atom. The second-order valence-corrected chi connectivity index (χ2v) is 3.81. The van der Waals surface area contributed by atoms with E-state index in [1.54, 1.807) is 0 Å². The highest BCUT2D eigenvalue weighted by molar-refractivity contribution is 5.53. The zero-order valence-electron chi connectivity index (χ0n) is 8.91. The minimum Gasteiger partial charge on any atom is -0.353 e. The van der Waals surface area contributed by atoms with Gasteiger partial charge in [0.1, 0.15) is 6.29 Å². The van der Waals surface area contributed by atoms with E-state index in [1.807, 2.05) is 0 Å². The summed E-state index contributed by atoms with van der Waals surface area (Å²) in [5, 5.41) is 0. The first kappa shape index (κ1) is 11.7. The first-order valence-corrected chi connectivity index (χ1v) is 5.55. The number of rotatable bonds is 5. The minimum atomic E-state index is -0.0773. The van der Waals surface area contributed by atoms with Gasteiger partial charge in [0.2, 0.25) is 0 Å². The maximum absolute atomic E-state index is 10.5. The van der Waals surface area contributed by atoms with Crippen molar-refractivity contribution < 1.29 is 14.3 Å². The Morgan fingerprint density at radius 2 is 2.21 bits per heavy atom. The van der Waals surface area contributed by atoms with E-state index >= 15 is 0 Å². The van der Waals surface area contributed by atoms with Crippen LogP contribution < -0.4 is 0 Å². The summed E-state index contributed by atoms with van der Waals surface area (Å²) in [7, 11) is 0. The van der Waals surface area contributed by atoms with E-state index in [1.165, 1.54) is 12.8 Å². The molecule has 0 aliphatic carbocycles. The van der Waals surface area contributed by atoms with Crippen molar-refractivity contribution in [2.75, 3.05) is 13.2 Å². The first-order valence-electron chi connectivity index (χ1n) is 5.55. The minimum absolute atomic E-state index is 0.0335. The maximum atomic E-state index is 10.5. The Morgan fingerprint density at radius 3 is 2.93 bits per heavy atom. The molecule has 1 aliphatic heterocycles. The van der Waals surface area contributed by atoms with Crippen molar-refractivity contribution in [2.45, 2.75) is 45.3 Å². The number of carbonyl (C=O) groups excluding carboxylic acids is 1. The summed E-state index contributed by atoms with van der Waals surface area (Å²) < 4.78 is 11.0.